The quantitative estimate of drug-likeness (QED) is 0.497. The first-order valence-corrected chi connectivity index (χ1v) is 9.60. The number of allylic oxidation sites excluding steroid dienone is 1. The molecular weight excluding hydrogens is 422 g/mol. The average molecular weight is 442 g/mol. The van der Waals surface area contributed by atoms with Crippen molar-refractivity contribution in [1.82, 2.24) is 0 Å². The van der Waals surface area contributed by atoms with Crippen molar-refractivity contribution in [3.05, 3.63) is 75.4 Å². The van der Waals surface area contributed by atoms with Crippen molar-refractivity contribution in [2.24, 2.45) is 0 Å². The molecule has 2 aromatic rings. The van der Waals surface area contributed by atoms with Gasteiger partial charge in [0, 0.05) is 21.4 Å². The van der Waals surface area contributed by atoms with Gasteiger partial charge in [0.05, 0.1) is 24.9 Å². The third-order valence-electron chi connectivity index (χ3n) is 4.39. The largest absolute Gasteiger partial charge is 0.493 e. The molecule has 0 spiro atoms. The Morgan fingerprint density at radius 3 is 2.46 bits per heavy atom. The zero-order chi connectivity index (χ0) is 20.3. The highest BCUT2D eigenvalue weighted by Crippen LogP contribution is 2.36. The van der Waals surface area contributed by atoms with E-state index in [1.807, 2.05) is 55.5 Å². The van der Waals surface area contributed by atoms with Crippen molar-refractivity contribution in [3.63, 3.8) is 0 Å². The molecule has 1 amide bonds. The molecule has 0 aliphatic carbocycles. The van der Waals surface area contributed by atoms with Gasteiger partial charge in [-0.3, -0.25) is 9.69 Å². The smallest absolute Gasteiger partial charge is 0.340 e. The summed E-state index contributed by atoms with van der Waals surface area (Å²) >= 11 is 3.39. The van der Waals surface area contributed by atoms with E-state index in [0.29, 0.717) is 23.7 Å². The molecule has 0 fully saturated rings. The number of methoxy groups -OCH3 is 1. The summed E-state index contributed by atoms with van der Waals surface area (Å²) in [6.45, 7) is 4.13. The molecular formula is C22H20BrNO4. The lowest BCUT2D eigenvalue weighted by Gasteiger charge is -2.18. The summed E-state index contributed by atoms with van der Waals surface area (Å²) in [4.78, 5) is 27.3. The van der Waals surface area contributed by atoms with Crippen LogP contribution in [0.25, 0.3) is 6.08 Å². The second kappa shape index (κ2) is 8.44. The number of hydrogen-bond donors (Lipinski definition) is 0. The Balaban J connectivity index is 2.14. The second-order valence-electron chi connectivity index (χ2n) is 6.10. The molecule has 1 aliphatic rings. The van der Waals surface area contributed by atoms with E-state index in [4.69, 9.17) is 9.47 Å². The highest BCUT2D eigenvalue weighted by molar-refractivity contribution is 9.10. The summed E-state index contributed by atoms with van der Waals surface area (Å²) in [7, 11) is 1.31. The van der Waals surface area contributed by atoms with Crippen LogP contribution in [-0.2, 0) is 14.3 Å². The molecule has 0 bridgehead atoms. The first-order chi connectivity index (χ1) is 13.5. The molecule has 28 heavy (non-hydrogen) atoms. The maximum absolute atomic E-state index is 13.3. The van der Waals surface area contributed by atoms with Gasteiger partial charge in [-0.1, -0.05) is 34.1 Å². The number of benzene rings is 2. The Labute approximate surface area is 172 Å². The predicted octanol–water partition coefficient (Wildman–Crippen LogP) is 4.73. The van der Waals surface area contributed by atoms with E-state index in [9.17, 15) is 9.59 Å². The lowest BCUT2D eigenvalue weighted by Crippen LogP contribution is -2.24. The van der Waals surface area contributed by atoms with Crippen LogP contribution >= 0.6 is 15.9 Å². The van der Waals surface area contributed by atoms with Gasteiger partial charge in [-0.05, 0) is 50.3 Å². The van der Waals surface area contributed by atoms with E-state index in [2.05, 4.69) is 15.9 Å². The van der Waals surface area contributed by atoms with Crippen LogP contribution < -0.4 is 9.64 Å². The summed E-state index contributed by atoms with van der Waals surface area (Å²) < 4.78 is 11.5. The van der Waals surface area contributed by atoms with Gasteiger partial charge in [0.1, 0.15) is 5.75 Å². The molecule has 2 aromatic carbocycles. The standard InChI is InChI=1S/C22H20BrNO4/c1-4-28-19-8-6-5-7-15(19)13-18-20(22(26)27-3)14(2)24(21(18)25)17-11-9-16(23)10-12-17/h5-13H,4H2,1-3H3/b18-13-. The maximum atomic E-state index is 13.3. The maximum Gasteiger partial charge on any atom is 0.340 e. The molecule has 0 saturated carbocycles. The molecule has 6 heteroatoms. The highest BCUT2D eigenvalue weighted by Gasteiger charge is 2.38. The van der Waals surface area contributed by atoms with Gasteiger partial charge in [0.2, 0.25) is 0 Å². The van der Waals surface area contributed by atoms with Crippen molar-refractivity contribution < 1.29 is 19.1 Å². The Morgan fingerprint density at radius 2 is 1.82 bits per heavy atom. The molecule has 0 aromatic heterocycles. The summed E-state index contributed by atoms with van der Waals surface area (Å²) in [6, 6.07) is 14.7. The number of nitrogens with zero attached hydrogens (tertiary/aromatic N) is 1. The van der Waals surface area contributed by atoms with Crippen LogP contribution in [0, 0.1) is 0 Å². The minimum absolute atomic E-state index is 0.252. The number of carbonyl (C=O) groups excluding carboxylic acids is 2. The van der Waals surface area contributed by atoms with Gasteiger partial charge in [0.25, 0.3) is 5.91 Å². The Kier molecular flexibility index (Phi) is 5.99. The van der Waals surface area contributed by atoms with Crippen LogP contribution in [0.5, 0.6) is 5.75 Å². The Hall–Kier alpha value is -2.86. The number of ether oxygens (including phenoxy) is 2. The third kappa shape index (κ3) is 3.73. The summed E-state index contributed by atoms with van der Waals surface area (Å²) in [5, 5.41) is 0. The molecule has 1 aliphatic heterocycles. The number of para-hydroxylation sites is 1. The van der Waals surface area contributed by atoms with Crippen molar-refractivity contribution in [3.8, 4) is 5.75 Å². The fourth-order valence-electron chi connectivity index (χ4n) is 3.12. The minimum Gasteiger partial charge on any atom is -0.493 e. The first-order valence-electron chi connectivity index (χ1n) is 8.81. The number of anilines is 1. The molecule has 1 heterocycles. The van der Waals surface area contributed by atoms with E-state index < -0.39 is 5.97 Å². The molecule has 0 N–H and O–H groups in total. The highest BCUT2D eigenvalue weighted by atomic mass is 79.9. The number of hydrogen-bond acceptors (Lipinski definition) is 4. The predicted molar refractivity (Wildman–Crippen MR) is 112 cm³/mol. The lowest BCUT2D eigenvalue weighted by atomic mass is 10.0. The Bertz CT molecular complexity index is 976. The van der Waals surface area contributed by atoms with Crippen molar-refractivity contribution in [2.45, 2.75) is 13.8 Å². The van der Waals surface area contributed by atoms with Gasteiger partial charge in [0.15, 0.2) is 0 Å². The molecule has 144 valence electrons. The zero-order valence-electron chi connectivity index (χ0n) is 15.9. The van der Waals surface area contributed by atoms with Crippen LogP contribution in [0.1, 0.15) is 19.4 Å². The van der Waals surface area contributed by atoms with Crippen molar-refractivity contribution in [2.75, 3.05) is 18.6 Å². The number of amides is 1. The van der Waals surface area contributed by atoms with E-state index in [-0.39, 0.29) is 17.1 Å². The van der Waals surface area contributed by atoms with Gasteiger partial charge in [-0.15, -0.1) is 0 Å². The average Bonchev–Trinajstić information content (AvgIpc) is 2.94. The summed E-state index contributed by atoms with van der Waals surface area (Å²) in [6.07, 6.45) is 1.68. The topological polar surface area (TPSA) is 55.8 Å². The minimum atomic E-state index is -0.550. The molecule has 0 saturated heterocycles. The summed E-state index contributed by atoms with van der Waals surface area (Å²) in [5.41, 5.74) is 2.45. The van der Waals surface area contributed by atoms with Gasteiger partial charge in [-0.25, -0.2) is 4.79 Å². The lowest BCUT2D eigenvalue weighted by molar-refractivity contribution is -0.136. The number of halogens is 1. The van der Waals surface area contributed by atoms with Crippen molar-refractivity contribution in [1.29, 1.82) is 0 Å². The molecule has 5 nitrogen and oxygen atoms in total. The molecule has 0 radical (unpaired) electrons. The molecule has 0 atom stereocenters. The van der Waals surface area contributed by atoms with Gasteiger partial charge < -0.3 is 9.47 Å². The number of carbonyl (C=O) groups is 2. The summed E-state index contributed by atoms with van der Waals surface area (Å²) in [5.74, 6) is -0.189. The number of rotatable bonds is 5. The van der Waals surface area contributed by atoms with Crippen molar-refractivity contribution >= 4 is 39.6 Å². The zero-order valence-corrected chi connectivity index (χ0v) is 17.4. The fraction of sp³-hybridized carbons (Fsp3) is 0.182. The van der Waals surface area contributed by atoms with E-state index >= 15 is 0 Å². The first kappa shape index (κ1) is 19.9. The number of esters is 1. The van der Waals surface area contributed by atoms with Crippen LogP contribution in [0.4, 0.5) is 5.69 Å². The second-order valence-corrected chi connectivity index (χ2v) is 7.01. The van der Waals surface area contributed by atoms with E-state index in [1.165, 1.54) is 12.0 Å². The van der Waals surface area contributed by atoms with Gasteiger partial charge >= 0.3 is 5.97 Å². The SMILES string of the molecule is CCOc1ccccc1/C=C1\C(=O)N(c2ccc(Br)cc2)C(C)=C1C(=O)OC. The van der Waals surface area contributed by atoms with Crippen LogP contribution in [0.2, 0.25) is 0 Å². The molecule has 0 unspecified atom stereocenters. The van der Waals surface area contributed by atoms with Crippen LogP contribution in [0.3, 0.4) is 0 Å². The van der Waals surface area contributed by atoms with Crippen LogP contribution in [-0.4, -0.2) is 25.6 Å². The third-order valence-corrected chi connectivity index (χ3v) is 4.92. The van der Waals surface area contributed by atoms with Gasteiger partial charge in [-0.2, -0.15) is 0 Å². The monoisotopic (exact) mass is 441 g/mol. The normalized spacial score (nSPS) is 15.4. The van der Waals surface area contributed by atoms with E-state index in [0.717, 1.165) is 10.0 Å². The fourth-order valence-corrected chi connectivity index (χ4v) is 3.39. The Morgan fingerprint density at radius 1 is 1.14 bits per heavy atom. The van der Waals surface area contributed by atoms with E-state index in [1.54, 1.807) is 13.0 Å². The van der Waals surface area contributed by atoms with Crippen LogP contribution in [0.15, 0.2) is 69.8 Å². The molecule has 3 rings (SSSR count).